The number of amides is 5. The van der Waals surface area contributed by atoms with Crippen LogP contribution < -0.4 is 74.0 Å². The van der Waals surface area contributed by atoms with Gasteiger partial charge in [-0.2, -0.15) is 0 Å². The molecule has 7 aromatic heterocycles. The molecule has 0 unspecified atom stereocenters. The highest BCUT2D eigenvalue weighted by atomic mass is 35.5. The van der Waals surface area contributed by atoms with E-state index in [1.54, 1.807) is 83.7 Å². The third-order valence-corrected chi connectivity index (χ3v) is 23.0. The molecule has 34 nitrogen and oxygen atoms in total. The number of allylic oxidation sites excluding steroid dienone is 3. The molecule has 15 heterocycles. The number of rotatable bonds is 17. The van der Waals surface area contributed by atoms with Crippen LogP contribution in [0.15, 0.2) is 259 Å². The number of benzene rings is 7. The van der Waals surface area contributed by atoms with Crippen LogP contribution in [0.5, 0.6) is 57.5 Å². The maximum atomic E-state index is 13.3. The van der Waals surface area contributed by atoms with E-state index in [1.807, 2.05) is 81.4 Å². The number of nitrogens with one attached hydrogen (secondary N) is 5. The predicted molar refractivity (Wildman–Crippen MR) is 512 cm³/mol. The van der Waals surface area contributed by atoms with Crippen molar-refractivity contribution in [3.05, 3.63) is 285 Å². The van der Waals surface area contributed by atoms with Crippen LogP contribution in [-0.2, 0) is 14.4 Å². The Bertz CT molecular complexity index is 7220. The molecule has 22 rings (SSSR count). The monoisotopic (exact) mass is 2050 g/mol. The zero-order chi connectivity index (χ0) is 104. The third-order valence-electron chi connectivity index (χ3n) is 22.4. The molecule has 0 fully saturated rings. The van der Waals surface area contributed by atoms with Crippen LogP contribution in [0.25, 0.3) is 78.8 Å². The van der Waals surface area contributed by atoms with E-state index in [2.05, 4.69) is 134 Å². The number of aryl methyl sites for hydroxylation is 5. The van der Waals surface area contributed by atoms with Gasteiger partial charge in [-0.25, -0.2) is 24.9 Å². The number of furan rings is 2. The van der Waals surface area contributed by atoms with Crippen LogP contribution in [0.3, 0.4) is 0 Å². The molecule has 46 heteroatoms. The van der Waals surface area contributed by atoms with E-state index in [1.165, 1.54) is 110 Å². The second kappa shape index (κ2) is 40.1. The fraction of sp³-hybridized carbons (Fsp3) is 0.158. The van der Waals surface area contributed by atoms with Gasteiger partial charge in [-0.15, -0.1) is 43.9 Å². The molecule has 147 heavy (non-hydrogen) atoms. The van der Waals surface area contributed by atoms with E-state index >= 15 is 0 Å². The molecule has 746 valence electrons. The number of aromatic nitrogens is 9. The standard InChI is InChI=1S/C24H17F2N3O4.C23H14ClF2N3O4.C19H15F2N3O3.C18H14F2N4O3.C17H11ClF2N4O3/c1-13-8-20-21(33-24(25,26)32-20)9-16(13)18-11-28-22(12-27-18)29-23(30)17-10-19(31-14(17)2)15-6-4-3-5-7-15;1-12-14(7-18(31-12)13-5-3-2-4-6-13)22(30)29-21-11-27-17(10-28-21)15-8-19-20(9-16(15)24)33-23(25,26)32-19;1-10-5-6-22-17(10)18(25)24-16-4-3-12(9-23-16)13-8-15-14(7-11(13)2)26-19(20,21)27-15;1-9-3-4-21-16(9)17(25)24-15-8-22-12(7-23-15)11-6-14-13(5-10(11)2)26-18(19,20)27-14;1-8-2-3-21-15(8)16(25)24-14-7-22-11(6-23-14)9-4-12-13(5-10(9)18)27-17(19,20)26-12/h3-12H,1-2H3,(H,28,29,30);2-11H,1H3,(H,28,29,30);3-4,6-9H,5H2,1-2H3,(H,23,24,25);4-8H,3H2,1-2H3,(H,23,24,25);3-7H,2H2,1H3,(H,23,24,25). The van der Waals surface area contributed by atoms with Crippen molar-refractivity contribution in [2.24, 2.45) is 15.0 Å². The molecule has 0 radical (unpaired) electrons. The van der Waals surface area contributed by atoms with Crippen molar-refractivity contribution in [2.45, 2.75) is 106 Å². The largest absolute Gasteiger partial charge is 0.586 e. The van der Waals surface area contributed by atoms with E-state index in [0.717, 1.165) is 33.4 Å². The lowest BCUT2D eigenvalue weighted by Gasteiger charge is -2.09. The van der Waals surface area contributed by atoms with Crippen LogP contribution >= 0.6 is 23.2 Å². The van der Waals surface area contributed by atoms with E-state index in [9.17, 15) is 67.9 Å². The first-order valence-electron chi connectivity index (χ1n) is 43.8. The SMILES string of the molecule is CC1=C(C(=O)Nc2ccc(-c3cc4c(cc3C)OC(F)(F)O4)cn2)N=CC1.CC1=C(C(=O)Nc2cnc(-c3cc4c(cc3C)OC(F)(F)O4)cn2)N=CC1.CC1=C(C(=O)Nc2cnc(-c3cc4c(cc3Cl)OC(F)(F)O4)cn2)N=CC1.Cc1cc2c(cc1-c1cnc(NC(=O)c3cc(-c4ccccc4)oc3C)cn1)OC(F)(F)O2.Cc1oc(-c2ccccc2)cc1C(=O)Nc1cnc(-c2cc3c(cc2Cl)OC(F)(F)O3)cn1. The topological polar surface area (TPSA) is 417 Å². The Labute approximate surface area is 833 Å². The summed E-state index contributed by atoms with van der Waals surface area (Å²) < 4.78 is 188. The highest BCUT2D eigenvalue weighted by Gasteiger charge is 2.49. The van der Waals surface area contributed by atoms with Gasteiger partial charge in [0.15, 0.2) is 80.8 Å². The minimum atomic E-state index is -3.75. The summed E-state index contributed by atoms with van der Waals surface area (Å²) in [6.07, 6.45) is 1.03. The Balaban J connectivity index is 0.000000121. The zero-order valence-electron chi connectivity index (χ0n) is 77.2. The third kappa shape index (κ3) is 22.6. The van der Waals surface area contributed by atoms with Gasteiger partial charge in [0.05, 0.1) is 93.5 Å². The summed E-state index contributed by atoms with van der Waals surface area (Å²) in [6.45, 7) is 14.2. The van der Waals surface area contributed by atoms with Crippen molar-refractivity contribution in [3.63, 3.8) is 0 Å². The number of hydrogen-bond donors (Lipinski definition) is 5. The van der Waals surface area contributed by atoms with E-state index < -0.39 is 37.4 Å². The lowest BCUT2D eigenvalue weighted by atomic mass is 10.0. The number of nitrogens with zero attached hydrogens (tertiary/aromatic N) is 12. The summed E-state index contributed by atoms with van der Waals surface area (Å²) in [5.41, 5.74) is 12.9. The summed E-state index contributed by atoms with van der Waals surface area (Å²) in [4.78, 5) is 112. The van der Waals surface area contributed by atoms with E-state index in [4.69, 9.17) is 32.0 Å². The molecule has 7 aromatic carbocycles. The Morgan fingerprint density at radius 3 is 0.830 bits per heavy atom. The van der Waals surface area contributed by atoms with Gasteiger partial charge >= 0.3 is 31.5 Å². The molecule has 0 saturated heterocycles. The maximum Gasteiger partial charge on any atom is 0.586 e. The minimum Gasteiger partial charge on any atom is -0.461 e. The van der Waals surface area contributed by atoms with Crippen LogP contribution in [0.2, 0.25) is 10.0 Å². The van der Waals surface area contributed by atoms with Crippen LogP contribution in [0, 0.1) is 34.6 Å². The zero-order valence-corrected chi connectivity index (χ0v) is 78.8. The molecule has 14 aromatic rings. The van der Waals surface area contributed by atoms with Crippen molar-refractivity contribution in [1.29, 1.82) is 0 Å². The number of ether oxygens (including phenoxy) is 10. The fourth-order valence-electron chi connectivity index (χ4n) is 15.2. The number of alkyl halides is 10. The molecule has 0 bridgehead atoms. The number of aliphatic imine (C=N–C) groups is 3. The Morgan fingerprint density at radius 2 is 0.544 bits per heavy atom. The highest BCUT2D eigenvalue weighted by molar-refractivity contribution is 6.34. The highest BCUT2D eigenvalue weighted by Crippen LogP contribution is 2.51. The molecule has 0 spiro atoms. The molecular weight excluding hydrogens is 1980 g/mol. The summed E-state index contributed by atoms with van der Waals surface area (Å²) >= 11 is 12.3. The fourth-order valence-corrected chi connectivity index (χ4v) is 15.7. The van der Waals surface area contributed by atoms with Gasteiger partial charge in [-0.05, 0) is 167 Å². The van der Waals surface area contributed by atoms with Gasteiger partial charge in [0.1, 0.15) is 45.9 Å². The number of pyridine rings is 1. The second-order valence-electron chi connectivity index (χ2n) is 32.9. The molecule has 5 amide bonds. The smallest absolute Gasteiger partial charge is 0.461 e. The maximum absolute atomic E-state index is 13.3. The molecule has 8 aliphatic heterocycles. The van der Waals surface area contributed by atoms with Gasteiger partial charge in [0.25, 0.3) is 29.5 Å². The first-order valence-corrected chi connectivity index (χ1v) is 44.5. The molecule has 0 atom stereocenters. The van der Waals surface area contributed by atoms with Crippen LogP contribution in [0.4, 0.5) is 73.0 Å². The van der Waals surface area contributed by atoms with Crippen molar-refractivity contribution < 1.29 is 124 Å². The number of hydrogen-bond acceptors (Lipinski definition) is 29. The number of carbonyl (C=O) groups is 5. The second-order valence-corrected chi connectivity index (χ2v) is 33.7. The first kappa shape index (κ1) is 99.2. The Morgan fingerprint density at radius 1 is 0.279 bits per heavy atom. The summed E-state index contributed by atoms with van der Waals surface area (Å²) in [6, 6.07) is 39.3. The lowest BCUT2D eigenvalue weighted by molar-refractivity contribution is -0.287. The molecule has 0 aliphatic carbocycles. The van der Waals surface area contributed by atoms with E-state index in [0.29, 0.717) is 144 Å². The Hall–Kier alpha value is -18.0. The average Bonchev–Trinajstić information content (AvgIpc) is 1.55. The number of halogens is 12. The van der Waals surface area contributed by atoms with Gasteiger partial charge in [0, 0.05) is 95.2 Å². The van der Waals surface area contributed by atoms with Gasteiger partial charge in [0.2, 0.25) is 0 Å². The molecule has 0 saturated carbocycles. The van der Waals surface area contributed by atoms with Gasteiger partial charge < -0.3 is 82.8 Å². The summed E-state index contributed by atoms with van der Waals surface area (Å²) in [7, 11) is 0. The normalized spacial score (nSPS) is 15.4. The number of fused-ring (bicyclic) bond motifs is 5. The van der Waals surface area contributed by atoms with E-state index in [-0.39, 0.29) is 114 Å². The summed E-state index contributed by atoms with van der Waals surface area (Å²) in [5.74, 6) is 0.614. The first-order chi connectivity index (χ1) is 70.0. The van der Waals surface area contributed by atoms with Crippen LogP contribution in [0.1, 0.15) is 89.0 Å². The average molecular weight is 2060 g/mol. The van der Waals surface area contributed by atoms with Crippen LogP contribution in [-0.4, -0.2) is 125 Å². The van der Waals surface area contributed by atoms with Gasteiger partial charge in [-0.3, -0.25) is 58.9 Å². The van der Waals surface area contributed by atoms with Crippen molar-refractivity contribution >= 4 is 100 Å². The predicted octanol–water partition coefficient (Wildman–Crippen LogP) is 22.9. The summed E-state index contributed by atoms with van der Waals surface area (Å²) in [5, 5.41) is 13.5. The number of carbonyl (C=O) groups excluding carboxylic acids is 5. The van der Waals surface area contributed by atoms with Crippen molar-refractivity contribution in [1.82, 2.24) is 44.9 Å². The quantitative estimate of drug-likeness (QED) is 0.0529. The molecule has 5 N–H and O–H groups in total. The van der Waals surface area contributed by atoms with Crippen molar-refractivity contribution in [3.8, 4) is 136 Å². The minimum absolute atomic E-state index is 0.00106. The lowest BCUT2D eigenvalue weighted by Crippen LogP contribution is -2.25. The molecule has 8 aliphatic rings. The van der Waals surface area contributed by atoms with Gasteiger partial charge in [-0.1, -0.05) is 83.9 Å². The van der Waals surface area contributed by atoms with Crippen molar-refractivity contribution in [2.75, 3.05) is 26.6 Å². The molecular formula is C101H71Cl2F10N17O17. The number of anilines is 5. The Kier molecular flexibility index (Phi) is 27.0.